The fourth-order valence-electron chi connectivity index (χ4n) is 2.75. The van der Waals surface area contributed by atoms with Gasteiger partial charge in [0.25, 0.3) is 5.91 Å². The first-order valence-corrected chi connectivity index (χ1v) is 10.1. The molecule has 136 valence electrons. The first-order chi connectivity index (χ1) is 13.2. The van der Waals surface area contributed by atoms with E-state index in [-0.39, 0.29) is 5.91 Å². The van der Waals surface area contributed by atoms with Crippen molar-refractivity contribution in [3.63, 3.8) is 0 Å². The van der Waals surface area contributed by atoms with E-state index in [0.29, 0.717) is 18.0 Å². The Labute approximate surface area is 164 Å². The van der Waals surface area contributed by atoms with Gasteiger partial charge in [-0.2, -0.15) is 16.4 Å². The molecule has 0 radical (unpaired) electrons. The van der Waals surface area contributed by atoms with Crippen LogP contribution in [-0.2, 0) is 13.1 Å². The van der Waals surface area contributed by atoms with Gasteiger partial charge in [0.05, 0.1) is 12.2 Å². The number of hydrogen-bond donors (Lipinski definition) is 1. The zero-order valence-electron chi connectivity index (χ0n) is 14.6. The highest BCUT2D eigenvalue weighted by atomic mass is 32.1. The van der Waals surface area contributed by atoms with Crippen LogP contribution in [0.4, 0.5) is 0 Å². The van der Waals surface area contributed by atoms with Crippen LogP contribution < -0.4 is 5.32 Å². The largest absolute Gasteiger partial charge is 0.347 e. The van der Waals surface area contributed by atoms with E-state index in [9.17, 15) is 4.79 Å². The van der Waals surface area contributed by atoms with Crippen LogP contribution in [0.5, 0.6) is 0 Å². The Morgan fingerprint density at radius 2 is 2.07 bits per heavy atom. The number of aryl methyl sites for hydroxylation is 1. The van der Waals surface area contributed by atoms with Crippen molar-refractivity contribution in [2.75, 3.05) is 0 Å². The molecule has 0 saturated carbocycles. The van der Waals surface area contributed by atoms with Crippen LogP contribution in [0.1, 0.15) is 26.5 Å². The average molecular weight is 396 g/mol. The van der Waals surface area contributed by atoms with Gasteiger partial charge in [-0.25, -0.2) is 14.6 Å². The van der Waals surface area contributed by atoms with Crippen LogP contribution in [0.15, 0.2) is 53.7 Å². The lowest BCUT2D eigenvalue weighted by Gasteiger charge is -2.10. The molecule has 0 aliphatic carbocycles. The smallest absolute Gasteiger partial charge is 0.263 e. The summed E-state index contributed by atoms with van der Waals surface area (Å²) in [5, 5.41) is 12.1. The fourth-order valence-corrected chi connectivity index (χ4v) is 4.44. The minimum absolute atomic E-state index is 0.0953. The molecule has 6 nitrogen and oxygen atoms in total. The quantitative estimate of drug-likeness (QED) is 0.540. The molecule has 1 amide bonds. The molecule has 4 aromatic rings. The Hall–Kier alpha value is -2.84. The van der Waals surface area contributed by atoms with E-state index in [0.717, 1.165) is 27.4 Å². The first kappa shape index (κ1) is 17.6. The zero-order chi connectivity index (χ0) is 18.6. The molecule has 27 heavy (non-hydrogen) atoms. The second-order valence-corrected chi connectivity index (χ2v) is 7.77. The molecule has 0 atom stereocenters. The van der Waals surface area contributed by atoms with E-state index in [1.54, 1.807) is 22.3 Å². The van der Waals surface area contributed by atoms with Gasteiger partial charge < -0.3 is 5.32 Å². The summed E-state index contributed by atoms with van der Waals surface area (Å²) in [4.78, 5) is 21.9. The molecule has 8 heteroatoms. The fraction of sp³-hybridized carbons (Fsp3) is 0.158. The second kappa shape index (κ2) is 7.81. The Kier molecular flexibility index (Phi) is 5.08. The van der Waals surface area contributed by atoms with Crippen LogP contribution in [-0.4, -0.2) is 25.7 Å². The van der Waals surface area contributed by atoms with E-state index in [4.69, 9.17) is 0 Å². The summed E-state index contributed by atoms with van der Waals surface area (Å²) in [5.74, 6) is -0.0953. The van der Waals surface area contributed by atoms with E-state index >= 15 is 0 Å². The van der Waals surface area contributed by atoms with E-state index in [2.05, 4.69) is 20.4 Å². The van der Waals surface area contributed by atoms with Crippen molar-refractivity contribution in [1.82, 2.24) is 25.1 Å². The maximum atomic E-state index is 12.7. The number of benzene rings is 1. The Morgan fingerprint density at radius 1 is 1.22 bits per heavy atom. The van der Waals surface area contributed by atoms with Crippen molar-refractivity contribution in [3.8, 4) is 10.6 Å². The number of amides is 1. The molecule has 0 bridgehead atoms. The van der Waals surface area contributed by atoms with Crippen molar-refractivity contribution < 1.29 is 4.79 Å². The standard InChI is InChI=1S/C19H17N5OS2/c1-13-17(27-19(23-13)16-6-7-26-10-16)18(25)21-8-14-4-2-3-5-15(14)9-24-12-20-11-22-24/h2-7,10-12H,8-9H2,1H3,(H,21,25). The highest BCUT2D eigenvalue weighted by Gasteiger charge is 2.16. The van der Waals surface area contributed by atoms with Gasteiger partial charge in [-0.1, -0.05) is 24.3 Å². The zero-order valence-corrected chi connectivity index (χ0v) is 16.3. The molecular formula is C19H17N5OS2. The van der Waals surface area contributed by atoms with Gasteiger partial charge in [-0.05, 0) is 29.5 Å². The van der Waals surface area contributed by atoms with Crippen molar-refractivity contribution in [1.29, 1.82) is 0 Å². The summed E-state index contributed by atoms with van der Waals surface area (Å²) < 4.78 is 1.77. The third-order valence-corrected chi connectivity index (χ3v) is 6.02. The highest BCUT2D eigenvalue weighted by Crippen LogP contribution is 2.29. The summed E-state index contributed by atoms with van der Waals surface area (Å²) >= 11 is 3.05. The molecule has 3 aromatic heterocycles. The van der Waals surface area contributed by atoms with Gasteiger partial charge in [-0.15, -0.1) is 11.3 Å². The molecule has 0 saturated heterocycles. The van der Waals surface area contributed by atoms with Gasteiger partial charge in [0.15, 0.2) is 0 Å². The molecule has 0 unspecified atom stereocenters. The van der Waals surface area contributed by atoms with Crippen LogP contribution in [0.3, 0.4) is 0 Å². The monoisotopic (exact) mass is 395 g/mol. The van der Waals surface area contributed by atoms with Crippen LogP contribution in [0.2, 0.25) is 0 Å². The van der Waals surface area contributed by atoms with Gasteiger partial charge in [0.1, 0.15) is 22.5 Å². The van der Waals surface area contributed by atoms with Crippen molar-refractivity contribution >= 4 is 28.6 Å². The predicted octanol–water partition coefficient (Wildman–Crippen LogP) is 3.75. The van der Waals surface area contributed by atoms with Crippen LogP contribution in [0, 0.1) is 6.92 Å². The summed E-state index contributed by atoms with van der Waals surface area (Å²) in [7, 11) is 0. The van der Waals surface area contributed by atoms with Gasteiger partial charge in [0, 0.05) is 17.5 Å². The Morgan fingerprint density at radius 3 is 2.81 bits per heavy atom. The lowest BCUT2D eigenvalue weighted by atomic mass is 10.1. The number of aromatic nitrogens is 4. The molecule has 0 fully saturated rings. The molecule has 0 aliphatic rings. The number of thiophene rings is 1. The van der Waals surface area contributed by atoms with Crippen molar-refractivity contribution in [3.05, 3.63) is 75.4 Å². The third kappa shape index (κ3) is 3.96. The minimum Gasteiger partial charge on any atom is -0.347 e. The number of carbonyl (C=O) groups excluding carboxylic acids is 1. The maximum Gasteiger partial charge on any atom is 0.263 e. The van der Waals surface area contributed by atoms with Crippen molar-refractivity contribution in [2.24, 2.45) is 0 Å². The molecule has 4 rings (SSSR count). The van der Waals surface area contributed by atoms with Gasteiger partial charge in [0.2, 0.25) is 0 Å². The molecular weight excluding hydrogens is 378 g/mol. The molecule has 0 aliphatic heterocycles. The first-order valence-electron chi connectivity index (χ1n) is 8.38. The van der Waals surface area contributed by atoms with Crippen LogP contribution >= 0.6 is 22.7 Å². The lowest BCUT2D eigenvalue weighted by Crippen LogP contribution is -2.23. The highest BCUT2D eigenvalue weighted by molar-refractivity contribution is 7.17. The van der Waals surface area contributed by atoms with E-state index in [1.807, 2.05) is 48.0 Å². The SMILES string of the molecule is Cc1nc(-c2ccsc2)sc1C(=O)NCc1ccccc1Cn1cncn1. The molecule has 0 spiro atoms. The number of carbonyl (C=O) groups is 1. The number of nitrogens with zero attached hydrogens (tertiary/aromatic N) is 4. The summed E-state index contributed by atoms with van der Waals surface area (Å²) in [6, 6.07) is 10.0. The summed E-state index contributed by atoms with van der Waals surface area (Å²) in [6.07, 6.45) is 3.20. The minimum atomic E-state index is -0.0953. The Bertz CT molecular complexity index is 1040. The summed E-state index contributed by atoms with van der Waals surface area (Å²) in [5.41, 5.74) is 3.98. The average Bonchev–Trinajstić information content (AvgIpc) is 3.42. The third-order valence-electron chi connectivity index (χ3n) is 4.13. The number of rotatable bonds is 6. The normalized spacial score (nSPS) is 10.9. The Balaban J connectivity index is 1.47. The topological polar surface area (TPSA) is 72.7 Å². The van der Waals surface area contributed by atoms with Gasteiger partial charge >= 0.3 is 0 Å². The number of hydrogen-bond acceptors (Lipinski definition) is 6. The molecule has 1 N–H and O–H groups in total. The second-order valence-electron chi connectivity index (χ2n) is 5.99. The summed E-state index contributed by atoms with van der Waals surface area (Å²) in [6.45, 7) is 2.95. The molecule has 3 heterocycles. The van der Waals surface area contributed by atoms with Crippen molar-refractivity contribution in [2.45, 2.75) is 20.0 Å². The van der Waals surface area contributed by atoms with E-state index in [1.165, 1.54) is 17.7 Å². The number of nitrogens with one attached hydrogen (secondary N) is 1. The maximum absolute atomic E-state index is 12.7. The van der Waals surface area contributed by atoms with E-state index < -0.39 is 0 Å². The van der Waals surface area contributed by atoms with Crippen LogP contribution in [0.25, 0.3) is 10.6 Å². The van der Waals surface area contributed by atoms with Gasteiger partial charge in [-0.3, -0.25) is 4.79 Å². The lowest BCUT2D eigenvalue weighted by molar-refractivity contribution is 0.0954. The molecule has 1 aromatic carbocycles. The number of thiazole rings is 1. The predicted molar refractivity (Wildman–Crippen MR) is 107 cm³/mol.